The van der Waals surface area contributed by atoms with E-state index in [2.05, 4.69) is 79.9 Å². The number of nitrogens with zero attached hydrogens (tertiary/aromatic N) is 2. The Balaban J connectivity index is -0.0000000933. The molecule has 2 nitrogen and oxygen atoms in total. The van der Waals surface area contributed by atoms with E-state index in [-0.39, 0.29) is 45.8 Å². The van der Waals surface area contributed by atoms with Crippen LogP contribution in [0.3, 0.4) is 0 Å². The Hall–Kier alpha value is 1.48. The molecule has 1 aliphatic carbocycles. The molecule has 0 radical (unpaired) electrons. The minimum absolute atomic E-state index is 0. The predicted molar refractivity (Wildman–Crippen MR) is 133 cm³/mol. The van der Waals surface area contributed by atoms with E-state index in [4.69, 9.17) is 0 Å². The normalized spacial score (nSPS) is 13.8. The molecule has 1 rings (SSSR count). The minimum atomic E-state index is 0. The van der Waals surface area contributed by atoms with Gasteiger partial charge >= 0.3 is 38.3 Å². The molecule has 1 atom stereocenters. The van der Waals surface area contributed by atoms with Crippen molar-refractivity contribution in [3.63, 3.8) is 0 Å². The van der Waals surface area contributed by atoms with Crippen LogP contribution in [0.1, 0.15) is 101 Å². The van der Waals surface area contributed by atoms with Crippen molar-refractivity contribution in [2.24, 2.45) is 0 Å². The number of hydrogen-bond acceptors (Lipinski definition) is 0. The molecule has 164 valence electrons. The van der Waals surface area contributed by atoms with Gasteiger partial charge in [-0.05, 0) is 31.8 Å². The second kappa shape index (κ2) is 26.5. The fourth-order valence-electron chi connectivity index (χ4n) is 2.51. The molecule has 1 unspecified atom stereocenters. The summed E-state index contributed by atoms with van der Waals surface area (Å²) in [5.41, 5.74) is 4.04. The Bertz CT molecular complexity index is 330. The quantitative estimate of drug-likeness (QED) is 0.250. The van der Waals surface area contributed by atoms with Gasteiger partial charge in [0.2, 0.25) is 0 Å². The second-order valence-corrected chi connectivity index (χ2v) is 12.0. The van der Waals surface area contributed by atoms with Crippen molar-refractivity contribution >= 4 is 27.2 Å². The minimum Gasteiger partial charge on any atom is -0.632 e. The van der Waals surface area contributed by atoms with Crippen LogP contribution in [0.4, 0.5) is 0 Å². The van der Waals surface area contributed by atoms with Gasteiger partial charge in [-0.2, -0.15) is 5.42 Å². The molecule has 1 aliphatic rings. The third-order valence-corrected chi connectivity index (χ3v) is 5.22. The van der Waals surface area contributed by atoms with E-state index in [1.54, 1.807) is 0 Å². The molecule has 0 aromatic carbocycles. The zero-order chi connectivity index (χ0) is 19.8. The fourth-order valence-corrected chi connectivity index (χ4v) is 4.72. The number of rotatable bonds is 6. The Kier molecular flexibility index (Phi) is 37.8. The first-order valence-electron chi connectivity index (χ1n) is 10.1. The van der Waals surface area contributed by atoms with Crippen molar-refractivity contribution in [2.75, 3.05) is 0 Å². The van der Waals surface area contributed by atoms with Crippen LogP contribution < -0.4 is 18.9 Å². The van der Waals surface area contributed by atoms with Crippen LogP contribution in [-0.4, -0.2) is 34.2 Å². The Morgan fingerprint density at radius 1 is 0.750 bits per heavy atom. The average Bonchev–Trinajstić information content (AvgIpc) is 2.93. The molecule has 6 heteroatoms. The van der Waals surface area contributed by atoms with Crippen molar-refractivity contribution in [3.05, 3.63) is 18.1 Å². The monoisotopic (exact) mass is 511 g/mol. The van der Waals surface area contributed by atoms with Crippen LogP contribution in [-0.2, 0) is 19.5 Å². The predicted octanol–water partition coefficient (Wildman–Crippen LogP) is 5.68. The van der Waals surface area contributed by atoms with Crippen LogP contribution in [0.5, 0.6) is 0 Å². The summed E-state index contributed by atoms with van der Waals surface area (Å²) in [6.07, 6.45) is 7.50. The molecule has 0 N–H and O–H groups in total. The standard InChI is InChI=1S/2C8H17NP.C5H10.CH3.Li.Ru/c2*1-6(2)9-8(5)10-7(3)4;1-2-4-5-3-1;;;/h2*6-7H,1-5H3;1-5H2;1H3;;/q2*-1;;-1;+1;+2/p+1. The maximum Gasteiger partial charge on any atom is 2.00 e. The van der Waals surface area contributed by atoms with Gasteiger partial charge in [0.1, 0.15) is 5.66 Å². The molecule has 1 saturated carbocycles. The fraction of sp³-hybridized carbons (Fsp3) is 0.864. The summed E-state index contributed by atoms with van der Waals surface area (Å²) >= 11 is 0. The van der Waals surface area contributed by atoms with Crippen molar-refractivity contribution < 1.29 is 38.3 Å². The molecule has 0 aliphatic heterocycles. The van der Waals surface area contributed by atoms with Gasteiger partial charge in [0.25, 0.3) is 0 Å². The zero-order valence-corrected chi connectivity index (χ0v) is 24.7. The third kappa shape index (κ3) is 38.1. The van der Waals surface area contributed by atoms with Crippen molar-refractivity contribution in [3.8, 4) is 0 Å². The summed E-state index contributed by atoms with van der Waals surface area (Å²) in [4.78, 5) is 0. The van der Waals surface area contributed by atoms with E-state index in [1.807, 2.05) is 0 Å². The van der Waals surface area contributed by atoms with E-state index < -0.39 is 0 Å². The third-order valence-electron chi connectivity index (χ3n) is 3.09. The summed E-state index contributed by atoms with van der Waals surface area (Å²) in [7, 11) is 2.27. The van der Waals surface area contributed by atoms with Gasteiger partial charge in [0.15, 0.2) is 0 Å². The van der Waals surface area contributed by atoms with E-state index in [0.717, 1.165) is 13.9 Å². The molecule has 0 amide bonds. The van der Waals surface area contributed by atoms with Crippen molar-refractivity contribution in [1.29, 1.82) is 0 Å². The van der Waals surface area contributed by atoms with Gasteiger partial charge in [-0.15, -0.1) is 20.3 Å². The average molecular weight is 511 g/mol. The molecule has 0 aromatic heterocycles. The first-order chi connectivity index (χ1) is 11.5. The summed E-state index contributed by atoms with van der Waals surface area (Å²) in [5, 5.41) is 8.87. The maximum absolute atomic E-state index is 4.45. The van der Waals surface area contributed by atoms with Crippen LogP contribution in [0, 0.1) is 7.43 Å². The SMILES string of the molecule is C1CCCC1.CC([N-]C(C)C)=PC(C)C.CC([N-]C(C)C)=[PH+]C(C)C.[CH3-].[Li+].[Ru+2]. The largest absolute Gasteiger partial charge is 2.00 e. The van der Waals surface area contributed by atoms with Crippen molar-refractivity contribution in [1.82, 2.24) is 0 Å². The zero-order valence-electron chi connectivity index (χ0n) is 21.0. The number of hydrogen-bond donors (Lipinski definition) is 0. The van der Waals surface area contributed by atoms with E-state index in [9.17, 15) is 0 Å². The van der Waals surface area contributed by atoms with Gasteiger partial charge in [-0.1, -0.05) is 80.6 Å². The first kappa shape index (κ1) is 39.9. The van der Waals surface area contributed by atoms with E-state index >= 15 is 0 Å². The van der Waals surface area contributed by atoms with Crippen LogP contribution >= 0.6 is 16.4 Å². The molecule has 0 saturated heterocycles. The van der Waals surface area contributed by atoms with Gasteiger partial charge in [-0.3, -0.25) is 0 Å². The van der Waals surface area contributed by atoms with Crippen LogP contribution in [0.25, 0.3) is 10.6 Å². The van der Waals surface area contributed by atoms with E-state index in [1.165, 1.54) is 51.1 Å². The molecule has 0 spiro atoms. The van der Waals surface area contributed by atoms with E-state index in [0.29, 0.717) is 17.7 Å². The molecule has 28 heavy (non-hydrogen) atoms. The van der Waals surface area contributed by atoms with Gasteiger partial charge in [-0.25, -0.2) is 0 Å². The van der Waals surface area contributed by atoms with Gasteiger partial charge < -0.3 is 18.1 Å². The first-order valence-corrected chi connectivity index (χ1v) is 12.1. The molecular weight excluding hydrogens is 462 g/mol. The Labute approximate surface area is 207 Å². The smallest absolute Gasteiger partial charge is 0.632 e. The molecule has 0 bridgehead atoms. The molecule has 0 heterocycles. The van der Waals surface area contributed by atoms with Crippen LogP contribution in [0.2, 0.25) is 0 Å². The summed E-state index contributed by atoms with van der Waals surface area (Å²) in [5.74, 6) is 0. The maximum atomic E-state index is 4.45. The molecule has 0 aromatic rings. The van der Waals surface area contributed by atoms with Crippen molar-refractivity contribution in [2.45, 2.75) is 125 Å². The van der Waals surface area contributed by atoms with Gasteiger partial charge in [0, 0.05) is 0 Å². The van der Waals surface area contributed by atoms with Crippen LogP contribution in [0.15, 0.2) is 0 Å². The Morgan fingerprint density at radius 2 is 1.11 bits per heavy atom. The molecular formula is C22H48LiN2P2Ru+. The second-order valence-electron chi connectivity index (χ2n) is 7.87. The van der Waals surface area contributed by atoms with Gasteiger partial charge in [0.05, 0.1) is 8.20 Å². The summed E-state index contributed by atoms with van der Waals surface area (Å²) in [6, 6.07) is 0.914. The topological polar surface area (TPSA) is 28.2 Å². The summed E-state index contributed by atoms with van der Waals surface area (Å²) < 4.78 is 0. The Morgan fingerprint density at radius 3 is 1.36 bits per heavy atom. The molecule has 1 fully saturated rings. The summed E-state index contributed by atoms with van der Waals surface area (Å²) in [6.45, 7) is 21.6.